The van der Waals surface area contributed by atoms with Crippen molar-refractivity contribution in [2.45, 2.75) is 5.78 Å². The SMILES string of the molecule is O=P(Oc1ccccc1)(Oc1ccccc1)C(Nc1ccccc1)c1ccncn1. The number of nitrogens with one attached hydrogen (secondary N) is 1. The van der Waals surface area contributed by atoms with E-state index in [9.17, 15) is 4.57 Å². The fourth-order valence-electron chi connectivity index (χ4n) is 2.85. The molecular weight excluding hydrogens is 397 g/mol. The lowest BCUT2D eigenvalue weighted by Crippen LogP contribution is -2.19. The summed E-state index contributed by atoms with van der Waals surface area (Å²) in [5, 5.41) is 3.27. The molecule has 0 aliphatic heterocycles. The van der Waals surface area contributed by atoms with Crippen LogP contribution in [0.4, 0.5) is 5.69 Å². The van der Waals surface area contributed by atoms with Crippen molar-refractivity contribution >= 4 is 13.3 Å². The van der Waals surface area contributed by atoms with E-state index in [1.807, 2.05) is 66.7 Å². The van der Waals surface area contributed by atoms with Crippen LogP contribution in [0.15, 0.2) is 110 Å². The number of para-hydroxylation sites is 3. The van der Waals surface area contributed by atoms with E-state index < -0.39 is 13.4 Å². The average molecular weight is 417 g/mol. The topological polar surface area (TPSA) is 73.3 Å². The summed E-state index contributed by atoms with van der Waals surface area (Å²) in [6.07, 6.45) is 3.00. The molecule has 0 bridgehead atoms. The van der Waals surface area contributed by atoms with Crippen LogP contribution in [0.5, 0.6) is 11.5 Å². The van der Waals surface area contributed by atoms with E-state index in [2.05, 4.69) is 15.3 Å². The summed E-state index contributed by atoms with van der Waals surface area (Å²) in [6.45, 7) is 0. The maximum absolute atomic E-state index is 14.3. The van der Waals surface area contributed by atoms with Gasteiger partial charge in [-0.05, 0) is 42.5 Å². The molecule has 6 nitrogen and oxygen atoms in total. The molecule has 0 saturated carbocycles. The van der Waals surface area contributed by atoms with Gasteiger partial charge in [0.15, 0.2) is 5.78 Å². The van der Waals surface area contributed by atoms with Crippen LogP contribution in [0.25, 0.3) is 0 Å². The quantitative estimate of drug-likeness (QED) is 0.358. The monoisotopic (exact) mass is 417 g/mol. The molecule has 0 aliphatic rings. The van der Waals surface area contributed by atoms with Crippen LogP contribution < -0.4 is 14.4 Å². The number of hydrogen-bond donors (Lipinski definition) is 1. The van der Waals surface area contributed by atoms with Crippen LogP contribution in [0.3, 0.4) is 0 Å². The van der Waals surface area contributed by atoms with Gasteiger partial charge in [-0.15, -0.1) is 0 Å². The van der Waals surface area contributed by atoms with Crippen molar-refractivity contribution in [3.63, 3.8) is 0 Å². The molecule has 1 atom stereocenters. The molecule has 1 unspecified atom stereocenters. The Labute approximate surface area is 175 Å². The van der Waals surface area contributed by atoms with Crippen LogP contribution in [-0.2, 0) is 4.57 Å². The fourth-order valence-corrected chi connectivity index (χ4v) is 4.71. The van der Waals surface area contributed by atoms with Gasteiger partial charge in [0, 0.05) is 11.9 Å². The first kappa shape index (κ1) is 19.7. The van der Waals surface area contributed by atoms with Gasteiger partial charge in [0.25, 0.3) is 0 Å². The number of rotatable bonds is 8. The molecule has 0 saturated heterocycles. The van der Waals surface area contributed by atoms with Crippen LogP contribution in [0, 0.1) is 0 Å². The highest BCUT2D eigenvalue weighted by Crippen LogP contribution is 2.59. The standard InChI is InChI=1S/C23H20N3O3P/c27-30(28-20-12-6-2-7-13-20,29-21-14-8-3-9-15-21)23(22-16-17-24-18-25-22)26-19-10-4-1-5-11-19/h1-18,23,26H. The molecule has 4 aromatic rings. The zero-order chi connectivity index (χ0) is 20.7. The number of hydrogen-bond acceptors (Lipinski definition) is 6. The number of nitrogens with zero attached hydrogens (tertiary/aromatic N) is 2. The van der Waals surface area contributed by atoms with Crippen molar-refractivity contribution in [2.24, 2.45) is 0 Å². The van der Waals surface area contributed by atoms with E-state index in [0.29, 0.717) is 17.2 Å². The molecule has 0 aliphatic carbocycles. The van der Waals surface area contributed by atoms with E-state index >= 15 is 0 Å². The van der Waals surface area contributed by atoms with E-state index in [1.54, 1.807) is 36.5 Å². The van der Waals surface area contributed by atoms with Gasteiger partial charge in [-0.1, -0.05) is 54.6 Å². The minimum absolute atomic E-state index is 0.436. The smallest absolute Gasteiger partial charge is 0.414 e. The lowest BCUT2D eigenvalue weighted by atomic mass is 10.3. The van der Waals surface area contributed by atoms with Gasteiger partial charge in [0.05, 0.1) is 5.69 Å². The third-order valence-corrected chi connectivity index (χ3v) is 6.19. The summed E-state index contributed by atoms with van der Waals surface area (Å²) < 4.78 is 26.3. The highest BCUT2D eigenvalue weighted by atomic mass is 31.2. The Hall–Kier alpha value is -3.63. The Kier molecular flexibility index (Phi) is 6.06. The second kappa shape index (κ2) is 9.25. The number of aromatic nitrogens is 2. The minimum atomic E-state index is -3.86. The normalized spacial score (nSPS) is 12.0. The van der Waals surface area contributed by atoms with Crippen LogP contribution in [0.1, 0.15) is 11.5 Å². The van der Waals surface area contributed by atoms with Gasteiger partial charge in [0.1, 0.15) is 17.8 Å². The minimum Gasteiger partial charge on any atom is -0.414 e. The third-order valence-electron chi connectivity index (χ3n) is 4.23. The van der Waals surface area contributed by atoms with E-state index in [0.717, 1.165) is 5.69 Å². The first-order chi connectivity index (χ1) is 14.7. The molecule has 1 N–H and O–H groups in total. The van der Waals surface area contributed by atoms with Gasteiger partial charge < -0.3 is 14.4 Å². The highest BCUT2D eigenvalue weighted by molar-refractivity contribution is 7.55. The zero-order valence-electron chi connectivity index (χ0n) is 16.0. The largest absolute Gasteiger partial charge is 0.459 e. The van der Waals surface area contributed by atoms with Crippen molar-refractivity contribution < 1.29 is 13.6 Å². The van der Waals surface area contributed by atoms with Crippen LogP contribution >= 0.6 is 7.60 Å². The Balaban J connectivity index is 1.78. The molecule has 3 aromatic carbocycles. The molecule has 1 aromatic heterocycles. The maximum atomic E-state index is 14.3. The molecule has 4 rings (SSSR count). The molecule has 0 amide bonds. The van der Waals surface area contributed by atoms with Crippen molar-refractivity contribution in [1.29, 1.82) is 0 Å². The lowest BCUT2D eigenvalue weighted by molar-refractivity contribution is 0.375. The molecule has 1 heterocycles. The summed E-state index contributed by atoms with van der Waals surface area (Å²) in [5.41, 5.74) is 1.25. The van der Waals surface area contributed by atoms with Gasteiger partial charge >= 0.3 is 7.60 Å². The zero-order valence-corrected chi connectivity index (χ0v) is 16.9. The van der Waals surface area contributed by atoms with E-state index in [1.165, 1.54) is 6.33 Å². The first-order valence-corrected chi connectivity index (χ1v) is 11.0. The fraction of sp³-hybridized carbons (Fsp3) is 0.0435. The second-order valence-electron chi connectivity index (χ2n) is 6.40. The molecule has 0 fully saturated rings. The third kappa shape index (κ3) is 4.85. The molecule has 0 spiro atoms. The van der Waals surface area contributed by atoms with E-state index in [-0.39, 0.29) is 0 Å². The maximum Gasteiger partial charge on any atom is 0.459 e. The first-order valence-electron chi connectivity index (χ1n) is 9.39. The van der Waals surface area contributed by atoms with Gasteiger partial charge in [0.2, 0.25) is 0 Å². The average Bonchev–Trinajstić information content (AvgIpc) is 2.80. The molecule has 0 radical (unpaired) electrons. The molecule has 150 valence electrons. The Morgan fingerprint density at radius 1 is 0.733 bits per heavy atom. The molecule has 7 heteroatoms. The summed E-state index contributed by atoms with van der Waals surface area (Å²) in [5.74, 6) is -0.000299. The Bertz CT molecular complexity index is 1050. The van der Waals surface area contributed by atoms with E-state index in [4.69, 9.17) is 9.05 Å². The summed E-state index contributed by atoms with van der Waals surface area (Å²) in [7, 11) is -3.86. The summed E-state index contributed by atoms with van der Waals surface area (Å²) in [6, 6.07) is 29.1. The number of benzene rings is 3. The van der Waals surface area contributed by atoms with Crippen LogP contribution in [0.2, 0.25) is 0 Å². The Morgan fingerprint density at radius 3 is 1.77 bits per heavy atom. The van der Waals surface area contributed by atoms with Crippen molar-refractivity contribution in [3.8, 4) is 11.5 Å². The second-order valence-corrected chi connectivity index (χ2v) is 8.36. The lowest BCUT2D eigenvalue weighted by Gasteiger charge is -2.28. The van der Waals surface area contributed by atoms with Crippen LogP contribution in [-0.4, -0.2) is 9.97 Å². The molecular formula is C23H20N3O3P. The predicted octanol–water partition coefficient (Wildman–Crippen LogP) is 5.94. The van der Waals surface area contributed by atoms with Crippen molar-refractivity contribution in [1.82, 2.24) is 9.97 Å². The van der Waals surface area contributed by atoms with Gasteiger partial charge in [-0.2, -0.15) is 0 Å². The summed E-state index contributed by atoms with van der Waals surface area (Å²) >= 11 is 0. The summed E-state index contributed by atoms with van der Waals surface area (Å²) in [4.78, 5) is 8.29. The Morgan fingerprint density at radius 2 is 1.27 bits per heavy atom. The van der Waals surface area contributed by atoms with Gasteiger partial charge in [-0.25, -0.2) is 14.5 Å². The predicted molar refractivity (Wildman–Crippen MR) is 117 cm³/mol. The number of anilines is 1. The van der Waals surface area contributed by atoms with Gasteiger partial charge in [-0.3, -0.25) is 0 Å². The molecule has 30 heavy (non-hydrogen) atoms. The highest BCUT2D eigenvalue weighted by Gasteiger charge is 2.42. The van der Waals surface area contributed by atoms with Crippen molar-refractivity contribution in [2.75, 3.05) is 5.32 Å². The van der Waals surface area contributed by atoms with Crippen molar-refractivity contribution in [3.05, 3.63) is 115 Å².